The maximum atomic E-state index is 6.34. The van der Waals surface area contributed by atoms with Crippen LogP contribution < -0.4 is 5.32 Å². The van der Waals surface area contributed by atoms with Crippen LogP contribution in [0.2, 0.25) is 10.0 Å². The van der Waals surface area contributed by atoms with E-state index in [4.69, 9.17) is 23.2 Å². The van der Waals surface area contributed by atoms with Gasteiger partial charge in [-0.3, -0.25) is 4.90 Å². The van der Waals surface area contributed by atoms with E-state index in [1.807, 2.05) is 12.1 Å². The summed E-state index contributed by atoms with van der Waals surface area (Å²) in [6.07, 6.45) is 2.27. The summed E-state index contributed by atoms with van der Waals surface area (Å²) in [7, 11) is 0. The fraction of sp³-hybridized carbons (Fsp3) is 0.571. The Kier molecular flexibility index (Phi) is 5.31. The summed E-state index contributed by atoms with van der Waals surface area (Å²) in [5, 5.41) is 4.92. The quantitative estimate of drug-likeness (QED) is 0.911. The molecule has 2 nitrogen and oxygen atoms in total. The maximum absolute atomic E-state index is 6.34. The largest absolute Gasteiger partial charge is 0.315 e. The molecule has 1 fully saturated rings. The topological polar surface area (TPSA) is 15.3 Å². The van der Waals surface area contributed by atoms with Crippen LogP contribution in [0.5, 0.6) is 0 Å². The minimum atomic E-state index is 0.398. The smallest absolute Gasteiger partial charge is 0.0468 e. The van der Waals surface area contributed by atoms with E-state index in [9.17, 15) is 0 Å². The van der Waals surface area contributed by atoms with Crippen LogP contribution in [0.1, 0.15) is 31.4 Å². The lowest BCUT2D eigenvalue weighted by Gasteiger charge is -2.30. The minimum absolute atomic E-state index is 0.398. The van der Waals surface area contributed by atoms with Crippen molar-refractivity contribution >= 4 is 23.2 Å². The molecule has 0 amide bonds. The minimum Gasteiger partial charge on any atom is -0.315 e. The molecule has 18 heavy (non-hydrogen) atoms. The van der Waals surface area contributed by atoms with Gasteiger partial charge in [0, 0.05) is 35.7 Å². The Morgan fingerprint density at radius 3 is 2.83 bits per heavy atom. The zero-order valence-corrected chi connectivity index (χ0v) is 12.3. The van der Waals surface area contributed by atoms with E-state index in [0.717, 1.165) is 37.6 Å². The van der Waals surface area contributed by atoms with Gasteiger partial charge in [-0.05, 0) is 37.1 Å². The first-order valence-corrected chi connectivity index (χ1v) is 7.37. The zero-order valence-electron chi connectivity index (χ0n) is 10.8. The molecule has 1 aromatic carbocycles. The second kappa shape index (κ2) is 6.76. The van der Waals surface area contributed by atoms with Gasteiger partial charge in [0.25, 0.3) is 0 Å². The third-order valence-electron chi connectivity index (χ3n) is 3.52. The normalized spacial score (nSPS) is 19.5. The highest BCUT2D eigenvalue weighted by Gasteiger charge is 2.21. The van der Waals surface area contributed by atoms with E-state index in [-0.39, 0.29) is 0 Å². The Balaban J connectivity index is 2.20. The van der Waals surface area contributed by atoms with Crippen LogP contribution in [0, 0.1) is 0 Å². The van der Waals surface area contributed by atoms with Gasteiger partial charge in [-0.25, -0.2) is 0 Å². The molecule has 0 radical (unpaired) electrons. The summed E-state index contributed by atoms with van der Waals surface area (Å²) in [5.74, 6) is 0. The second-order valence-electron chi connectivity index (χ2n) is 4.73. The van der Waals surface area contributed by atoms with Crippen molar-refractivity contribution in [3.05, 3.63) is 33.8 Å². The van der Waals surface area contributed by atoms with Gasteiger partial charge in [0.1, 0.15) is 0 Å². The highest BCUT2D eigenvalue weighted by molar-refractivity contribution is 6.35. The fourth-order valence-corrected chi connectivity index (χ4v) is 3.16. The van der Waals surface area contributed by atoms with E-state index in [2.05, 4.69) is 23.2 Å². The van der Waals surface area contributed by atoms with E-state index >= 15 is 0 Å². The van der Waals surface area contributed by atoms with Crippen LogP contribution in [0.25, 0.3) is 0 Å². The number of nitrogens with one attached hydrogen (secondary N) is 1. The molecule has 1 N–H and O–H groups in total. The molecule has 1 aliphatic heterocycles. The van der Waals surface area contributed by atoms with Gasteiger partial charge in [0.05, 0.1) is 0 Å². The van der Waals surface area contributed by atoms with Crippen molar-refractivity contribution in [3.8, 4) is 0 Å². The van der Waals surface area contributed by atoms with Crippen molar-refractivity contribution in [1.29, 1.82) is 0 Å². The Labute approximate surface area is 119 Å². The third kappa shape index (κ3) is 3.39. The Hall–Kier alpha value is -0.280. The van der Waals surface area contributed by atoms with Crippen LogP contribution in [-0.2, 0) is 0 Å². The Bertz CT molecular complexity index is 387. The van der Waals surface area contributed by atoms with Gasteiger partial charge >= 0.3 is 0 Å². The van der Waals surface area contributed by atoms with Crippen molar-refractivity contribution in [2.75, 3.05) is 26.2 Å². The van der Waals surface area contributed by atoms with Gasteiger partial charge in [-0.15, -0.1) is 0 Å². The van der Waals surface area contributed by atoms with E-state index in [0.29, 0.717) is 11.1 Å². The van der Waals surface area contributed by atoms with Gasteiger partial charge in [-0.2, -0.15) is 0 Å². The zero-order chi connectivity index (χ0) is 13.0. The lowest BCUT2D eigenvalue weighted by atomic mass is 10.0. The molecule has 0 saturated carbocycles. The lowest BCUT2D eigenvalue weighted by Crippen LogP contribution is -2.32. The number of nitrogens with zero attached hydrogens (tertiary/aromatic N) is 1. The third-order valence-corrected chi connectivity index (χ3v) is 4.09. The Morgan fingerprint density at radius 2 is 2.11 bits per heavy atom. The maximum Gasteiger partial charge on any atom is 0.0468 e. The summed E-state index contributed by atoms with van der Waals surface area (Å²) in [6, 6.07) is 6.24. The predicted octanol–water partition coefficient (Wildman–Crippen LogP) is 3.74. The summed E-state index contributed by atoms with van der Waals surface area (Å²) < 4.78 is 0. The number of hydrogen-bond donors (Lipinski definition) is 1. The van der Waals surface area contributed by atoms with Gasteiger partial charge in [0.15, 0.2) is 0 Å². The van der Waals surface area contributed by atoms with Crippen LogP contribution in [0.3, 0.4) is 0 Å². The molecule has 1 aliphatic rings. The molecule has 1 heterocycles. The standard InChI is InChI=1S/C14H20Cl2N2/c1-2-14(18-8-3-6-17-7-9-18)12-5-4-11(15)10-13(12)16/h4-5,10,14,17H,2-3,6-9H2,1H3. The Morgan fingerprint density at radius 1 is 1.28 bits per heavy atom. The molecular weight excluding hydrogens is 267 g/mol. The number of halogens is 2. The van der Waals surface area contributed by atoms with Crippen molar-refractivity contribution < 1.29 is 0 Å². The molecule has 1 aromatic rings. The van der Waals surface area contributed by atoms with E-state index in [1.54, 1.807) is 0 Å². The van der Waals surface area contributed by atoms with Crippen LogP contribution in [-0.4, -0.2) is 31.1 Å². The fourth-order valence-electron chi connectivity index (χ4n) is 2.62. The number of rotatable bonds is 3. The summed E-state index contributed by atoms with van der Waals surface area (Å²) in [4.78, 5) is 2.52. The monoisotopic (exact) mass is 286 g/mol. The number of benzene rings is 1. The SMILES string of the molecule is CCC(c1ccc(Cl)cc1Cl)N1CCCNCC1. The van der Waals surface area contributed by atoms with Gasteiger partial charge in [0.2, 0.25) is 0 Å². The highest BCUT2D eigenvalue weighted by Crippen LogP contribution is 2.32. The van der Waals surface area contributed by atoms with Gasteiger partial charge < -0.3 is 5.32 Å². The van der Waals surface area contributed by atoms with Crippen molar-refractivity contribution in [3.63, 3.8) is 0 Å². The molecule has 0 spiro atoms. The first-order chi connectivity index (χ1) is 8.72. The van der Waals surface area contributed by atoms with Crippen molar-refractivity contribution in [1.82, 2.24) is 10.2 Å². The first-order valence-electron chi connectivity index (χ1n) is 6.62. The van der Waals surface area contributed by atoms with Crippen LogP contribution >= 0.6 is 23.2 Å². The van der Waals surface area contributed by atoms with Crippen molar-refractivity contribution in [2.45, 2.75) is 25.8 Å². The second-order valence-corrected chi connectivity index (χ2v) is 5.57. The summed E-state index contributed by atoms with van der Waals surface area (Å²) >= 11 is 12.3. The first kappa shape index (κ1) is 14.1. The van der Waals surface area contributed by atoms with E-state index in [1.165, 1.54) is 12.0 Å². The summed E-state index contributed by atoms with van der Waals surface area (Å²) in [5.41, 5.74) is 1.20. The number of hydrogen-bond acceptors (Lipinski definition) is 2. The molecule has 0 aliphatic carbocycles. The highest BCUT2D eigenvalue weighted by atomic mass is 35.5. The molecule has 100 valence electrons. The predicted molar refractivity (Wildman–Crippen MR) is 78.6 cm³/mol. The van der Waals surface area contributed by atoms with Crippen molar-refractivity contribution in [2.24, 2.45) is 0 Å². The van der Waals surface area contributed by atoms with Gasteiger partial charge in [-0.1, -0.05) is 36.2 Å². The molecule has 0 aromatic heterocycles. The molecule has 4 heteroatoms. The average molecular weight is 287 g/mol. The molecule has 0 bridgehead atoms. The van der Waals surface area contributed by atoms with E-state index < -0.39 is 0 Å². The molecular formula is C14H20Cl2N2. The molecule has 1 atom stereocenters. The summed E-state index contributed by atoms with van der Waals surface area (Å²) in [6.45, 7) is 6.60. The van der Waals surface area contributed by atoms with Crippen LogP contribution in [0.15, 0.2) is 18.2 Å². The lowest BCUT2D eigenvalue weighted by molar-refractivity contribution is 0.205. The average Bonchev–Trinajstić information content (AvgIpc) is 2.62. The molecule has 1 saturated heterocycles. The van der Waals surface area contributed by atoms with Crippen LogP contribution in [0.4, 0.5) is 0 Å². The molecule has 1 unspecified atom stereocenters. The molecule has 2 rings (SSSR count).